The SMILES string of the molecule is O=C(NCCS)c1cc(Cc2ccccc2)[nH]n1. The lowest BCUT2D eigenvalue weighted by atomic mass is 10.1. The maximum absolute atomic E-state index is 11.6. The van der Waals surface area contributed by atoms with E-state index in [1.54, 1.807) is 6.07 Å². The van der Waals surface area contributed by atoms with E-state index in [1.165, 1.54) is 5.56 Å². The lowest BCUT2D eigenvalue weighted by molar-refractivity contribution is 0.0951. The Morgan fingerprint density at radius 1 is 1.33 bits per heavy atom. The number of benzene rings is 1. The molecule has 1 amide bonds. The summed E-state index contributed by atoms with van der Waals surface area (Å²) in [5.41, 5.74) is 2.53. The number of thiol groups is 1. The van der Waals surface area contributed by atoms with Gasteiger partial charge in [-0.3, -0.25) is 9.89 Å². The van der Waals surface area contributed by atoms with Gasteiger partial charge in [-0.25, -0.2) is 0 Å². The molecule has 0 bridgehead atoms. The van der Waals surface area contributed by atoms with Crippen LogP contribution in [0.4, 0.5) is 0 Å². The number of carbonyl (C=O) groups is 1. The Kier molecular flexibility index (Phi) is 4.41. The Labute approximate surface area is 111 Å². The summed E-state index contributed by atoms with van der Waals surface area (Å²) in [7, 11) is 0. The summed E-state index contributed by atoms with van der Waals surface area (Å²) >= 11 is 4.04. The zero-order chi connectivity index (χ0) is 12.8. The third-order valence-electron chi connectivity index (χ3n) is 2.50. The van der Waals surface area contributed by atoms with E-state index in [0.29, 0.717) is 18.0 Å². The van der Waals surface area contributed by atoms with Gasteiger partial charge in [0, 0.05) is 24.4 Å². The zero-order valence-electron chi connectivity index (χ0n) is 9.89. The molecule has 0 aliphatic heterocycles. The minimum absolute atomic E-state index is 0.167. The second-order valence-electron chi connectivity index (χ2n) is 3.92. The lowest BCUT2D eigenvalue weighted by Gasteiger charge is -1.98. The fourth-order valence-electron chi connectivity index (χ4n) is 1.64. The molecule has 18 heavy (non-hydrogen) atoms. The Hall–Kier alpha value is -1.75. The average Bonchev–Trinajstić information content (AvgIpc) is 2.86. The molecule has 1 heterocycles. The van der Waals surface area contributed by atoms with Crippen molar-refractivity contribution in [3.63, 3.8) is 0 Å². The van der Waals surface area contributed by atoms with Crippen LogP contribution >= 0.6 is 12.6 Å². The molecule has 0 spiro atoms. The minimum Gasteiger partial charge on any atom is -0.350 e. The summed E-state index contributed by atoms with van der Waals surface area (Å²) in [6.45, 7) is 0.544. The first-order valence-electron chi connectivity index (χ1n) is 5.77. The Morgan fingerprint density at radius 2 is 2.11 bits per heavy atom. The number of nitrogens with zero attached hydrogens (tertiary/aromatic N) is 1. The quantitative estimate of drug-likeness (QED) is 0.717. The van der Waals surface area contributed by atoms with Gasteiger partial charge in [-0.2, -0.15) is 17.7 Å². The minimum atomic E-state index is -0.167. The molecule has 1 aromatic carbocycles. The van der Waals surface area contributed by atoms with E-state index in [-0.39, 0.29) is 5.91 Å². The van der Waals surface area contributed by atoms with Crippen molar-refractivity contribution in [2.75, 3.05) is 12.3 Å². The van der Waals surface area contributed by atoms with Crippen LogP contribution in [0.15, 0.2) is 36.4 Å². The molecule has 0 aliphatic rings. The van der Waals surface area contributed by atoms with Gasteiger partial charge in [-0.1, -0.05) is 30.3 Å². The van der Waals surface area contributed by atoms with E-state index in [9.17, 15) is 4.79 Å². The van der Waals surface area contributed by atoms with E-state index in [1.807, 2.05) is 30.3 Å². The van der Waals surface area contributed by atoms with Gasteiger partial charge in [-0.15, -0.1) is 0 Å². The van der Waals surface area contributed by atoms with Crippen LogP contribution in [0, 0.1) is 0 Å². The molecule has 2 aromatic rings. The van der Waals surface area contributed by atoms with Crippen LogP contribution in [0.3, 0.4) is 0 Å². The largest absolute Gasteiger partial charge is 0.350 e. The number of hydrogen-bond donors (Lipinski definition) is 3. The number of nitrogens with one attached hydrogen (secondary N) is 2. The first-order chi connectivity index (χ1) is 8.79. The third-order valence-corrected chi connectivity index (χ3v) is 2.72. The van der Waals surface area contributed by atoms with Gasteiger partial charge in [0.05, 0.1) is 0 Å². The molecule has 0 saturated heterocycles. The van der Waals surface area contributed by atoms with E-state index < -0.39 is 0 Å². The summed E-state index contributed by atoms with van der Waals surface area (Å²) in [6, 6.07) is 11.8. The van der Waals surface area contributed by atoms with Gasteiger partial charge in [-0.05, 0) is 11.6 Å². The molecule has 0 saturated carbocycles. The van der Waals surface area contributed by atoms with Crippen LogP contribution in [0.2, 0.25) is 0 Å². The van der Waals surface area contributed by atoms with Crippen LogP contribution in [0.25, 0.3) is 0 Å². The third kappa shape index (κ3) is 3.37. The predicted molar refractivity (Wildman–Crippen MR) is 74.0 cm³/mol. The molecule has 1 aromatic heterocycles. The maximum Gasteiger partial charge on any atom is 0.271 e. The van der Waals surface area contributed by atoms with Gasteiger partial charge in [0.2, 0.25) is 0 Å². The molecule has 0 unspecified atom stereocenters. The number of amides is 1. The number of carbonyl (C=O) groups excluding carboxylic acids is 1. The number of aromatic nitrogens is 2. The highest BCUT2D eigenvalue weighted by atomic mass is 32.1. The molecular weight excluding hydrogens is 246 g/mol. The van der Waals surface area contributed by atoms with Crippen LogP contribution < -0.4 is 5.32 Å². The molecule has 4 nitrogen and oxygen atoms in total. The monoisotopic (exact) mass is 261 g/mol. The van der Waals surface area contributed by atoms with Crippen molar-refractivity contribution in [2.45, 2.75) is 6.42 Å². The summed E-state index contributed by atoms with van der Waals surface area (Å²) < 4.78 is 0. The summed E-state index contributed by atoms with van der Waals surface area (Å²) in [5, 5.41) is 9.61. The average molecular weight is 261 g/mol. The second kappa shape index (κ2) is 6.26. The summed E-state index contributed by atoms with van der Waals surface area (Å²) in [5.74, 6) is 0.451. The van der Waals surface area contributed by atoms with Crippen molar-refractivity contribution in [2.24, 2.45) is 0 Å². The Balaban J connectivity index is 2.00. The molecule has 0 aliphatic carbocycles. The predicted octanol–water partition coefficient (Wildman–Crippen LogP) is 1.66. The number of aromatic amines is 1. The normalized spacial score (nSPS) is 10.3. The zero-order valence-corrected chi connectivity index (χ0v) is 10.8. The van der Waals surface area contributed by atoms with Gasteiger partial charge < -0.3 is 5.32 Å². The van der Waals surface area contributed by atoms with Gasteiger partial charge in [0.1, 0.15) is 5.69 Å². The standard InChI is InChI=1S/C13H15N3OS/c17-13(14-6-7-18)12-9-11(15-16-12)8-10-4-2-1-3-5-10/h1-5,9,18H,6-8H2,(H,14,17)(H,15,16). The molecule has 2 rings (SSSR count). The fourth-order valence-corrected chi connectivity index (χ4v) is 1.76. The molecular formula is C13H15N3OS. The van der Waals surface area contributed by atoms with Gasteiger partial charge >= 0.3 is 0 Å². The highest BCUT2D eigenvalue weighted by molar-refractivity contribution is 7.80. The van der Waals surface area contributed by atoms with Gasteiger partial charge in [0.15, 0.2) is 0 Å². The first-order valence-corrected chi connectivity index (χ1v) is 6.40. The Morgan fingerprint density at radius 3 is 2.83 bits per heavy atom. The van der Waals surface area contributed by atoms with E-state index in [4.69, 9.17) is 0 Å². The van der Waals surface area contributed by atoms with E-state index in [2.05, 4.69) is 28.1 Å². The molecule has 0 atom stereocenters. The van der Waals surface area contributed by atoms with E-state index >= 15 is 0 Å². The van der Waals surface area contributed by atoms with Gasteiger partial charge in [0.25, 0.3) is 5.91 Å². The van der Waals surface area contributed by atoms with Crippen molar-refractivity contribution in [1.82, 2.24) is 15.5 Å². The van der Waals surface area contributed by atoms with Crippen LogP contribution in [-0.2, 0) is 6.42 Å². The summed E-state index contributed by atoms with van der Waals surface area (Å²) in [4.78, 5) is 11.6. The van der Waals surface area contributed by atoms with Crippen LogP contribution in [0.5, 0.6) is 0 Å². The first kappa shape index (κ1) is 12.7. The van der Waals surface area contributed by atoms with E-state index in [0.717, 1.165) is 12.1 Å². The lowest BCUT2D eigenvalue weighted by Crippen LogP contribution is -2.25. The smallest absolute Gasteiger partial charge is 0.271 e. The molecule has 0 fully saturated rings. The second-order valence-corrected chi connectivity index (χ2v) is 4.37. The van der Waals surface area contributed by atoms with Crippen molar-refractivity contribution in [3.05, 3.63) is 53.3 Å². The summed E-state index contributed by atoms with van der Waals surface area (Å²) in [6.07, 6.45) is 0.744. The molecule has 94 valence electrons. The number of rotatable bonds is 5. The highest BCUT2D eigenvalue weighted by Crippen LogP contribution is 2.08. The van der Waals surface area contributed by atoms with Crippen molar-refractivity contribution < 1.29 is 4.79 Å². The van der Waals surface area contributed by atoms with Crippen molar-refractivity contribution >= 4 is 18.5 Å². The molecule has 5 heteroatoms. The fraction of sp³-hybridized carbons (Fsp3) is 0.231. The Bertz CT molecular complexity index is 510. The number of H-pyrrole nitrogens is 1. The van der Waals surface area contributed by atoms with Crippen LogP contribution in [0.1, 0.15) is 21.7 Å². The maximum atomic E-state index is 11.6. The van der Waals surface area contributed by atoms with Crippen molar-refractivity contribution in [3.8, 4) is 0 Å². The van der Waals surface area contributed by atoms with Crippen molar-refractivity contribution in [1.29, 1.82) is 0 Å². The molecule has 2 N–H and O–H groups in total. The highest BCUT2D eigenvalue weighted by Gasteiger charge is 2.09. The topological polar surface area (TPSA) is 57.8 Å². The number of hydrogen-bond acceptors (Lipinski definition) is 3. The van der Waals surface area contributed by atoms with Crippen LogP contribution in [-0.4, -0.2) is 28.4 Å². The molecule has 0 radical (unpaired) electrons.